The van der Waals surface area contributed by atoms with E-state index in [2.05, 4.69) is 41.6 Å². The minimum atomic E-state index is -1.25. The quantitative estimate of drug-likeness (QED) is 0.601. The molecule has 3 atom stereocenters. The standard InChI is InChI=1S/C25H28FN5O2/c1-17(2)18-8-10-20(11-9-18)24(19-6-4-3-5-7-19)28-25(33)22-14-21(26)15-31(22)23(32)16-30-13-12-27-29-30/h3-13,17,21-22,24H,14-16H2,1-2H3,(H,28,33)/t21-,22-,24+/m1/s1. The molecule has 1 aromatic heterocycles. The van der Waals surface area contributed by atoms with Crippen molar-refractivity contribution in [3.63, 3.8) is 0 Å². The Kier molecular flexibility index (Phi) is 6.82. The molecule has 3 aromatic rings. The summed E-state index contributed by atoms with van der Waals surface area (Å²) in [5.74, 6) is -0.337. The molecule has 1 aliphatic heterocycles. The summed E-state index contributed by atoms with van der Waals surface area (Å²) in [5, 5.41) is 10.5. The number of likely N-dealkylation sites (tertiary alicyclic amines) is 1. The van der Waals surface area contributed by atoms with Crippen molar-refractivity contribution in [1.29, 1.82) is 0 Å². The number of benzene rings is 2. The van der Waals surface area contributed by atoms with Crippen LogP contribution in [0, 0.1) is 0 Å². The highest BCUT2D eigenvalue weighted by Crippen LogP contribution is 2.27. The predicted octanol–water partition coefficient (Wildman–Crippen LogP) is 3.25. The lowest BCUT2D eigenvalue weighted by molar-refractivity contribution is -0.139. The highest BCUT2D eigenvalue weighted by atomic mass is 19.1. The third kappa shape index (κ3) is 5.27. The summed E-state index contributed by atoms with van der Waals surface area (Å²) in [7, 11) is 0. The number of hydrogen-bond acceptors (Lipinski definition) is 4. The molecule has 1 aliphatic rings. The first-order chi connectivity index (χ1) is 15.9. The van der Waals surface area contributed by atoms with Gasteiger partial charge in [-0.3, -0.25) is 9.59 Å². The van der Waals surface area contributed by atoms with Gasteiger partial charge in [-0.05, 0) is 22.6 Å². The fourth-order valence-corrected chi connectivity index (χ4v) is 4.17. The van der Waals surface area contributed by atoms with Gasteiger partial charge in [0.05, 0.1) is 18.8 Å². The number of nitrogens with zero attached hydrogens (tertiary/aromatic N) is 4. The number of rotatable bonds is 7. The van der Waals surface area contributed by atoms with Gasteiger partial charge in [-0.2, -0.15) is 0 Å². The van der Waals surface area contributed by atoms with Crippen LogP contribution in [-0.4, -0.2) is 50.5 Å². The highest BCUT2D eigenvalue weighted by molar-refractivity contribution is 5.88. The molecule has 0 spiro atoms. The number of nitrogens with one attached hydrogen (secondary N) is 1. The van der Waals surface area contributed by atoms with Crippen LogP contribution in [0.5, 0.6) is 0 Å². The molecule has 172 valence electrons. The molecule has 2 heterocycles. The van der Waals surface area contributed by atoms with Gasteiger partial charge in [-0.25, -0.2) is 9.07 Å². The van der Waals surface area contributed by atoms with Crippen LogP contribution in [-0.2, 0) is 16.1 Å². The third-order valence-corrected chi connectivity index (χ3v) is 6.00. The fourth-order valence-electron chi connectivity index (χ4n) is 4.17. The maximum atomic E-state index is 14.3. The fraction of sp³-hybridized carbons (Fsp3) is 0.360. The Labute approximate surface area is 192 Å². The highest BCUT2D eigenvalue weighted by Gasteiger charge is 2.40. The van der Waals surface area contributed by atoms with E-state index in [9.17, 15) is 14.0 Å². The smallest absolute Gasteiger partial charge is 0.245 e. The van der Waals surface area contributed by atoms with Crippen LogP contribution >= 0.6 is 0 Å². The lowest BCUT2D eigenvalue weighted by Crippen LogP contribution is -2.48. The minimum Gasteiger partial charge on any atom is -0.343 e. The Morgan fingerprint density at radius 1 is 1.06 bits per heavy atom. The molecule has 0 radical (unpaired) electrons. The van der Waals surface area contributed by atoms with Crippen molar-refractivity contribution in [2.75, 3.05) is 6.54 Å². The second kappa shape index (κ2) is 9.94. The summed E-state index contributed by atoms with van der Waals surface area (Å²) < 4.78 is 15.7. The van der Waals surface area contributed by atoms with Gasteiger partial charge in [0.25, 0.3) is 0 Å². The Balaban J connectivity index is 1.56. The van der Waals surface area contributed by atoms with Gasteiger partial charge in [0.2, 0.25) is 11.8 Å². The number of carbonyl (C=O) groups is 2. The van der Waals surface area contributed by atoms with Crippen molar-refractivity contribution < 1.29 is 14.0 Å². The molecule has 1 fully saturated rings. The Morgan fingerprint density at radius 3 is 2.36 bits per heavy atom. The zero-order chi connectivity index (χ0) is 23.4. The Bertz CT molecular complexity index is 1070. The summed E-state index contributed by atoms with van der Waals surface area (Å²) in [6.07, 6.45) is 1.75. The summed E-state index contributed by atoms with van der Waals surface area (Å²) in [6.45, 7) is 4.06. The lowest BCUT2D eigenvalue weighted by atomic mass is 9.95. The first-order valence-electron chi connectivity index (χ1n) is 11.1. The molecule has 33 heavy (non-hydrogen) atoms. The Morgan fingerprint density at radius 2 is 1.73 bits per heavy atom. The monoisotopic (exact) mass is 449 g/mol. The number of hydrogen-bond donors (Lipinski definition) is 1. The maximum Gasteiger partial charge on any atom is 0.245 e. The average Bonchev–Trinajstić information content (AvgIpc) is 3.47. The summed E-state index contributed by atoms with van der Waals surface area (Å²) in [5.41, 5.74) is 3.05. The molecule has 0 saturated carbocycles. The number of carbonyl (C=O) groups excluding carboxylic acids is 2. The molecule has 0 aliphatic carbocycles. The normalized spacial score (nSPS) is 19.0. The largest absolute Gasteiger partial charge is 0.343 e. The van der Waals surface area contributed by atoms with Crippen LogP contribution in [0.1, 0.15) is 48.9 Å². The molecule has 1 saturated heterocycles. The molecule has 0 bridgehead atoms. The van der Waals surface area contributed by atoms with E-state index in [4.69, 9.17) is 0 Å². The van der Waals surface area contributed by atoms with E-state index >= 15 is 0 Å². The number of aromatic nitrogens is 3. The number of alkyl halides is 1. The summed E-state index contributed by atoms with van der Waals surface area (Å²) in [4.78, 5) is 27.4. The SMILES string of the molecule is CC(C)c1ccc([C@@H](NC(=O)[C@H]2C[C@@H](F)CN2C(=O)Cn2ccnn2)c2ccccc2)cc1. The van der Waals surface area contributed by atoms with Crippen molar-refractivity contribution in [3.05, 3.63) is 83.7 Å². The number of amides is 2. The minimum absolute atomic E-state index is 0.0251. The first kappa shape index (κ1) is 22.6. The van der Waals surface area contributed by atoms with Gasteiger partial charge in [-0.1, -0.05) is 73.7 Å². The molecular formula is C25H28FN5O2. The van der Waals surface area contributed by atoms with Crippen molar-refractivity contribution >= 4 is 11.8 Å². The predicted molar refractivity (Wildman–Crippen MR) is 122 cm³/mol. The van der Waals surface area contributed by atoms with Crippen molar-refractivity contribution in [1.82, 2.24) is 25.2 Å². The van der Waals surface area contributed by atoms with E-state index in [0.29, 0.717) is 5.92 Å². The summed E-state index contributed by atoms with van der Waals surface area (Å²) >= 11 is 0. The van der Waals surface area contributed by atoms with Gasteiger partial charge in [0.1, 0.15) is 18.8 Å². The van der Waals surface area contributed by atoms with Gasteiger partial charge < -0.3 is 10.2 Å². The molecular weight excluding hydrogens is 421 g/mol. The van der Waals surface area contributed by atoms with Crippen LogP contribution in [0.25, 0.3) is 0 Å². The lowest BCUT2D eigenvalue weighted by Gasteiger charge is -2.27. The zero-order valence-corrected chi connectivity index (χ0v) is 18.8. The van der Waals surface area contributed by atoms with Gasteiger partial charge in [-0.15, -0.1) is 5.10 Å². The van der Waals surface area contributed by atoms with Gasteiger partial charge >= 0.3 is 0 Å². The topological polar surface area (TPSA) is 80.1 Å². The van der Waals surface area contributed by atoms with Crippen LogP contribution in [0.2, 0.25) is 0 Å². The molecule has 0 unspecified atom stereocenters. The van der Waals surface area contributed by atoms with Crippen molar-refractivity contribution in [2.24, 2.45) is 0 Å². The van der Waals surface area contributed by atoms with Crippen LogP contribution in [0.3, 0.4) is 0 Å². The molecule has 7 nitrogen and oxygen atoms in total. The van der Waals surface area contributed by atoms with E-state index in [-0.39, 0.29) is 31.3 Å². The molecule has 2 amide bonds. The molecule has 4 rings (SSSR count). The molecule has 1 N–H and O–H groups in total. The van der Waals surface area contributed by atoms with E-state index in [1.165, 1.54) is 21.3 Å². The maximum absolute atomic E-state index is 14.3. The zero-order valence-electron chi connectivity index (χ0n) is 18.8. The first-order valence-corrected chi connectivity index (χ1v) is 11.1. The van der Waals surface area contributed by atoms with E-state index in [0.717, 1.165) is 11.1 Å². The van der Waals surface area contributed by atoms with E-state index in [1.54, 1.807) is 6.20 Å². The number of halogens is 1. The average molecular weight is 450 g/mol. The van der Waals surface area contributed by atoms with E-state index in [1.807, 2.05) is 42.5 Å². The van der Waals surface area contributed by atoms with E-state index < -0.39 is 18.3 Å². The molecule has 8 heteroatoms. The van der Waals surface area contributed by atoms with Crippen LogP contribution in [0.4, 0.5) is 4.39 Å². The van der Waals surface area contributed by atoms with Crippen LogP contribution < -0.4 is 5.32 Å². The molecule has 2 aromatic carbocycles. The second-order valence-corrected chi connectivity index (χ2v) is 8.67. The van der Waals surface area contributed by atoms with Gasteiger partial charge in [0.15, 0.2) is 0 Å². The van der Waals surface area contributed by atoms with Crippen molar-refractivity contribution in [2.45, 2.75) is 51.0 Å². The van der Waals surface area contributed by atoms with Crippen molar-refractivity contribution in [3.8, 4) is 0 Å². The summed E-state index contributed by atoms with van der Waals surface area (Å²) in [6, 6.07) is 16.5. The Hall–Kier alpha value is -3.55. The van der Waals surface area contributed by atoms with Gasteiger partial charge in [0, 0.05) is 12.6 Å². The second-order valence-electron chi connectivity index (χ2n) is 8.67. The third-order valence-electron chi connectivity index (χ3n) is 6.00. The van der Waals surface area contributed by atoms with Crippen LogP contribution in [0.15, 0.2) is 67.0 Å².